The van der Waals surface area contributed by atoms with E-state index in [9.17, 15) is 4.79 Å². The highest BCUT2D eigenvalue weighted by molar-refractivity contribution is 7.99. The summed E-state index contributed by atoms with van der Waals surface area (Å²) in [5, 5.41) is 2.91. The molecule has 0 unspecified atom stereocenters. The molecule has 0 spiro atoms. The van der Waals surface area contributed by atoms with E-state index in [4.69, 9.17) is 5.73 Å². The highest BCUT2D eigenvalue weighted by Gasteiger charge is 2.04. The first-order valence-corrected chi connectivity index (χ1v) is 7.52. The Morgan fingerprint density at radius 1 is 1.39 bits per heavy atom. The van der Waals surface area contributed by atoms with Crippen molar-refractivity contribution in [1.82, 2.24) is 0 Å². The quantitative estimate of drug-likeness (QED) is 0.587. The molecule has 1 amide bonds. The maximum Gasteiger partial charge on any atom is 0.224 e. The van der Waals surface area contributed by atoms with E-state index in [2.05, 4.69) is 12.2 Å². The van der Waals surface area contributed by atoms with Gasteiger partial charge in [-0.25, -0.2) is 0 Å². The summed E-state index contributed by atoms with van der Waals surface area (Å²) in [6, 6.07) is 5.56. The second-order valence-electron chi connectivity index (χ2n) is 4.34. The number of amides is 1. The molecule has 3 N–H and O–H groups in total. The summed E-state index contributed by atoms with van der Waals surface area (Å²) in [5.41, 5.74) is 8.24. The number of aryl methyl sites for hydroxylation is 1. The number of nitrogens with two attached hydrogens (primary N) is 1. The van der Waals surface area contributed by atoms with Crippen molar-refractivity contribution in [3.63, 3.8) is 0 Å². The van der Waals surface area contributed by atoms with Crippen LogP contribution in [0.5, 0.6) is 0 Å². The molecule has 1 aromatic rings. The summed E-state index contributed by atoms with van der Waals surface area (Å²) in [5.74, 6) is 2.30. The summed E-state index contributed by atoms with van der Waals surface area (Å²) < 4.78 is 0. The summed E-state index contributed by atoms with van der Waals surface area (Å²) >= 11 is 1.91. The monoisotopic (exact) mass is 266 g/mol. The van der Waals surface area contributed by atoms with Gasteiger partial charge < -0.3 is 11.1 Å². The molecular formula is C14H22N2OS. The number of anilines is 2. The van der Waals surface area contributed by atoms with Gasteiger partial charge in [0.05, 0.1) is 0 Å². The number of hydrogen-bond donors (Lipinski definition) is 2. The van der Waals surface area contributed by atoms with E-state index in [1.165, 1.54) is 12.2 Å². The summed E-state index contributed by atoms with van der Waals surface area (Å²) in [4.78, 5) is 11.7. The molecule has 0 aromatic heterocycles. The van der Waals surface area contributed by atoms with Crippen molar-refractivity contribution >= 4 is 29.0 Å². The first-order valence-electron chi connectivity index (χ1n) is 6.37. The Kier molecular flexibility index (Phi) is 6.65. The van der Waals surface area contributed by atoms with E-state index in [0.29, 0.717) is 12.1 Å². The van der Waals surface area contributed by atoms with Gasteiger partial charge in [-0.2, -0.15) is 11.8 Å². The number of carbonyl (C=O) groups is 1. The third-order valence-corrected chi connectivity index (χ3v) is 3.85. The lowest BCUT2D eigenvalue weighted by molar-refractivity contribution is -0.116. The third-order valence-electron chi connectivity index (χ3n) is 2.58. The van der Waals surface area contributed by atoms with Gasteiger partial charge in [0.15, 0.2) is 0 Å². The van der Waals surface area contributed by atoms with Gasteiger partial charge in [-0.3, -0.25) is 4.79 Å². The lowest BCUT2D eigenvalue weighted by Gasteiger charge is -2.09. The Morgan fingerprint density at radius 2 is 2.17 bits per heavy atom. The van der Waals surface area contributed by atoms with Crippen molar-refractivity contribution in [2.24, 2.45) is 0 Å². The number of thioether (sulfide) groups is 1. The summed E-state index contributed by atoms with van der Waals surface area (Å²) in [6.07, 6.45) is 2.70. The zero-order valence-electron chi connectivity index (χ0n) is 11.2. The van der Waals surface area contributed by atoms with Crippen molar-refractivity contribution in [1.29, 1.82) is 0 Å². The van der Waals surface area contributed by atoms with Crippen LogP contribution in [0.3, 0.4) is 0 Å². The second-order valence-corrected chi connectivity index (χ2v) is 5.56. The summed E-state index contributed by atoms with van der Waals surface area (Å²) in [7, 11) is 0. The van der Waals surface area contributed by atoms with E-state index in [0.717, 1.165) is 23.4 Å². The van der Waals surface area contributed by atoms with Gasteiger partial charge in [0, 0.05) is 17.8 Å². The van der Waals surface area contributed by atoms with Crippen LogP contribution < -0.4 is 11.1 Å². The average molecular weight is 266 g/mol. The van der Waals surface area contributed by atoms with Gasteiger partial charge >= 0.3 is 0 Å². The largest absolute Gasteiger partial charge is 0.399 e. The third kappa shape index (κ3) is 5.45. The second kappa shape index (κ2) is 8.03. The van der Waals surface area contributed by atoms with E-state index in [-0.39, 0.29) is 5.91 Å². The van der Waals surface area contributed by atoms with Crippen LogP contribution in [0.1, 0.15) is 31.7 Å². The minimum atomic E-state index is 0.0702. The predicted molar refractivity (Wildman–Crippen MR) is 81.1 cm³/mol. The molecule has 0 atom stereocenters. The van der Waals surface area contributed by atoms with E-state index < -0.39 is 0 Å². The lowest BCUT2D eigenvalue weighted by Crippen LogP contribution is -2.12. The van der Waals surface area contributed by atoms with Crippen LogP contribution in [0.4, 0.5) is 11.4 Å². The molecule has 0 aliphatic heterocycles. The Morgan fingerprint density at radius 3 is 2.89 bits per heavy atom. The number of benzene rings is 1. The molecule has 0 saturated carbocycles. The molecular weight excluding hydrogens is 244 g/mol. The standard InChI is InChI=1S/C14H22N2OS/c1-3-8-18-9-4-5-14(17)16-13-10-12(15)7-6-11(13)2/h6-7,10H,3-5,8-9,15H2,1-2H3,(H,16,17). The number of nitrogen functional groups attached to an aromatic ring is 1. The fraction of sp³-hybridized carbons (Fsp3) is 0.500. The maximum absolute atomic E-state index is 11.7. The molecule has 1 aromatic carbocycles. The van der Waals surface area contributed by atoms with Gasteiger partial charge in [-0.05, 0) is 49.0 Å². The smallest absolute Gasteiger partial charge is 0.224 e. The molecule has 0 heterocycles. The van der Waals surface area contributed by atoms with Crippen LogP contribution in [0.15, 0.2) is 18.2 Å². The Labute approximate surface area is 114 Å². The Hall–Kier alpha value is -1.16. The predicted octanol–water partition coefficient (Wildman–Crippen LogP) is 3.44. The van der Waals surface area contributed by atoms with Crippen LogP contribution in [-0.4, -0.2) is 17.4 Å². The molecule has 1 rings (SSSR count). The van der Waals surface area contributed by atoms with Crippen molar-refractivity contribution < 1.29 is 4.79 Å². The van der Waals surface area contributed by atoms with E-state index >= 15 is 0 Å². The van der Waals surface area contributed by atoms with Crippen molar-refractivity contribution in [3.05, 3.63) is 23.8 Å². The minimum absolute atomic E-state index is 0.0702. The van der Waals surface area contributed by atoms with Crippen molar-refractivity contribution in [3.8, 4) is 0 Å². The number of hydrogen-bond acceptors (Lipinski definition) is 3. The highest BCUT2D eigenvalue weighted by Crippen LogP contribution is 2.18. The van der Waals surface area contributed by atoms with Gasteiger partial charge in [0.25, 0.3) is 0 Å². The van der Waals surface area contributed by atoms with E-state index in [1.54, 1.807) is 6.07 Å². The molecule has 3 nitrogen and oxygen atoms in total. The molecule has 0 fully saturated rings. The molecule has 0 aliphatic rings. The Bertz CT molecular complexity index is 393. The zero-order chi connectivity index (χ0) is 13.4. The highest BCUT2D eigenvalue weighted by atomic mass is 32.2. The van der Waals surface area contributed by atoms with E-state index in [1.807, 2.05) is 30.8 Å². The van der Waals surface area contributed by atoms with Crippen LogP contribution in [0.2, 0.25) is 0 Å². The van der Waals surface area contributed by atoms with Gasteiger partial charge in [0.2, 0.25) is 5.91 Å². The van der Waals surface area contributed by atoms with Gasteiger partial charge in [-0.1, -0.05) is 13.0 Å². The van der Waals surface area contributed by atoms with Crippen LogP contribution >= 0.6 is 11.8 Å². The molecule has 0 radical (unpaired) electrons. The molecule has 100 valence electrons. The maximum atomic E-state index is 11.7. The van der Waals surface area contributed by atoms with Gasteiger partial charge in [0.1, 0.15) is 0 Å². The van der Waals surface area contributed by atoms with Crippen LogP contribution in [0, 0.1) is 6.92 Å². The fourth-order valence-electron chi connectivity index (χ4n) is 1.57. The molecule has 18 heavy (non-hydrogen) atoms. The fourth-order valence-corrected chi connectivity index (χ4v) is 2.41. The first kappa shape index (κ1) is 14.9. The summed E-state index contributed by atoms with van der Waals surface area (Å²) in [6.45, 7) is 4.13. The van der Waals surface area contributed by atoms with Crippen LogP contribution in [0.25, 0.3) is 0 Å². The first-order chi connectivity index (χ1) is 8.63. The lowest BCUT2D eigenvalue weighted by atomic mass is 10.1. The van der Waals surface area contributed by atoms with Crippen molar-refractivity contribution in [2.45, 2.75) is 33.1 Å². The molecule has 0 aliphatic carbocycles. The zero-order valence-corrected chi connectivity index (χ0v) is 12.0. The minimum Gasteiger partial charge on any atom is -0.399 e. The Balaban J connectivity index is 2.33. The van der Waals surface area contributed by atoms with Crippen molar-refractivity contribution in [2.75, 3.05) is 22.6 Å². The van der Waals surface area contributed by atoms with Gasteiger partial charge in [-0.15, -0.1) is 0 Å². The number of rotatable bonds is 7. The normalized spacial score (nSPS) is 10.3. The number of nitrogens with one attached hydrogen (secondary N) is 1. The molecule has 4 heteroatoms. The van der Waals surface area contributed by atoms with Crippen LogP contribution in [-0.2, 0) is 4.79 Å². The number of carbonyl (C=O) groups excluding carboxylic acids is 1. The molecule has 0 saturated heterocycles. The SMILES string of the molecule is CCCSCCCC(=O)Nc1cc(N)ccc1C. The topological polar surface area (TPSA) is 55.1 Å². The average Bonchev–Trinajstić information content (AvgIpc) is 2.33. The molecule has 0 bridgehead atoms.